The van der Waals surface area contributed by atoms with Crippen molar-refractivity contribution in [3.8, 4) is 5.75 Å². The van der Waals surface area contributed by atoms with Crippen LogP contribution in [0.1, 0.15) is 32.0 Å². The topological polar surface area (TPSA) is 42.3 Å². The number of hydrogen-bond acceptors (Lipinski definition) is 4. The Kier molecular flexibility index (Phi) is 6.31. The maximum atomic E-state index is 5.46. The smallest absolute Gasteiger partial charge is 0.161 e. The number of aromatic nitrogens is 2. The summed E-state index contributed by atoms with van der Waals surface area (Å²) in [7, 11) is 7.85. The second kappa shape index (κ2) is 7.50. The van der Waals surface area contributed by atoms with Crippen LogP contribution in [-0.2, 0) is 6.54 Å². The average molecular weight is 268 g/mol. The molecule has 0 saturated heterocycles. The number of methoxy groups -OCH3 is 1. The van der Waals surface area contributed by atoms with Gasteiger partial charge in [-0.05, 0) is 33.5 Å². The number of ether oxygens (including phenoxy) is 1. The van der Waals surface area contributed by atoms with E-state index in [0.717, 1.165) is 31.0 Å². The van der Waals surface area contributed by atoms with Crippen LogP contribution in [0.5, 0.6) is 5.75 Å². The fraction of sp³-hybridized carbons (Fsp3) is 0.786. The summed E-state index contributed by atoms with van der Waals surface area (Å²) in [5.41, 5.74) is 1.15. The number of nitrogens with zero attached hydrogens (tertiary/aromatic N) is 3. The molecule has 1 rings (SSSR count). The summed E-state index contributed by atoms with van der Waals surface area (Å²) in [4.78, 5) is 2.16. The van der Waals surface area contributed by atoms with Crippen molar-refractivity contribution >= 4 is 0 Å². The van der Waals surface area contributed by atoms with E-state index in [1.807, 2.05) is 13.2 Å². The molecule has 1 aromatic rings. The molecule has 5 heteroatoms. The monoisotopic (exact) mass is 268 g/mol. The lowest BCUT2D eigenvalue weighted by Gasteiger charge is -2.21. The Morgan fingerprint density at radius 1 is 1.42 bits per heavy atom. The van der Waals surface area contributed by atoms with Crippen LogP contribution < -0.4 is 10.1 Å². The fourth-order valence-corrected chi connectivity index (χ4v) is 2.20. The number of nitrogens with one attached hydrogen (secondary N) is 1. The lowest BCUT2D eigenvalue weighted by Crippen LogP contribution is -2.25. The quantitative estimate of drug-likeness (QED) is 0.780. The Bertz CT molecular complexity index is 374. The van der Waals surface area contributed by atoms with E-state index < -0.39 is 0 Å². The molecule has 0 radical (unpaired) electrons. The average Bonchev–Trinajstić information content (AvgIpc) is 2.75. The van der Waals surface area contributed by atoms with E-state index in [0.29, 0.717) is 5.92 Å². The minimum absolute atomic E-state index is 0.277. The third-order valence-corrected chi connectivity index (χ3v) is 3.21. The first-order valence-corrected chi connectivity index (χ1v) is 6.91. The van der Waals surface area contributed by atoms with E-state index in [9.17, 15) is 0 Å². The number of hydrogen-bond donors (Lipinski definition) is 1. The maximum Gasteiger partial charge on any atom is 0.161 e. The minimum Gasteiger partial charge on any atom is -0.493 e. The van der Waals surface area contributed by atoms with Gasteiger partial charge in [0.1, 0.15) is 0 Å². The van der Waals surface area contributed by atoms with E-state index in [1.165, 1.54) is 0 Å². The highest BCUT2D eigenvalue weighted by molar-refractivity contribution is 5.28. The van der Waals surface area contributed by atoms with E-state index >= 15 is 0 Å². The van der Waals surface area contributed by atoms with Crippen molar-refractivity contribution in [2.75, 3.05) is 34.8 Å². The zero-order valence-electron chi connectivity index (χ0n) is 13.1. The van der Waals surface area contributed by atoms with Gasteiger partial charge in [-0.1, -0.05) is 13.8 Å². The van der Waals surface area contributed by atoms with E-state index in [4.69, 9.17) is 4.74 Å². The Morgan fingerprint density at radius 2 is 2.11 bits per heavy atom. The molecule has 1 N–H and O–H groups in total. The molecule has 110 valence electrons. The molecular formula is C14H28N4O. The molecule has 19 heavy (non-hydrogen) atoms. The molecule has 0 aliphatic carbocycles. The third kappa shape index (κ3) is 4.51. The molecule has 0 aliphatic rings. The molecule has 0 fully saturated rings. The van der Waals surface area contributed by atoms with Crippen LogP contribution in [-0.4, -0.2) is 49.5 Å². The summed E-state index contributed by atoms with van der Waals surface area (Å²) < 4.78 is 7.52. The molecule has 1 atom stereocenters. The van der Waals surface area contributed by atoms with Gasteiger partial charge in [0.05, 0.1) is 31.6 Å². The van der Waals surface area contributed by atoms with Crippen molar-refractivity contribution in [2.45, 2.75) is 32.9 Å². The zero-order chi connectivity index (χ0) is 14.4. The second-order valence-corrected chi connectivity index (χ2v) is 5.60. The first kappa shape index (κ1) is 16.0. The summed E-state index contributed by atoms with van der Waals surface area (Å²) in [6.45, 7) is 6.31. The van der Waals surface area contributed by atoms with Crippen LogP contribution in [0, 0.1) is 5.92 Å². The van der Waals surface area contributed by atoms with E-state index in [1.54, 1.807) is 7.11 Å². The van der Waals surface area contributed by atoms with Gasteiger partial charge in [-0.25, -0.2) is 0 Å². The summed E-state index contributed by atoms with van der Waals surface area (Å²) in [5.74, 6) is 1.50. The Balaban J connectivity index is 2.95. The molecule has 0 saturated carbocycles. The van der Waals surface area contributed by atoms with Crippen LogP contribution >= 0.6 is 0 Å². The van der Waals surface area contributed by atoms with Crippen LogP contribution in [0.25, 0.3) is 0 Å². The summed E-state index contributed by atoms with van der Waals surface area (Å²) >= 11 is 0. The van der Waals surface area contributed by atoms with Gasteiger partial charge in [-0.15, -0.1) is 0 Å². The molecular weight excluding hydrogens is 240 g/mol. The molecule has 0 spiro atoms. The normalized spacial score (nSPS) is 13.3. The highest BCUT2D eigenvalue weighted by Crippen LogP contribution is 2.29. The molecule has 1 unspecified atom stereocenters. The van der Waals surface area contributed by atoms with Gasteiger partial charge in [0, 0.05) is 6.54 Å². The molecule has 1 heterocycles. The van der Waals surface area contributed by atoms with Gasteiger partial charge in [0.2, 0.25) is 0 Å². The van der Waals surface area contributed by atoms with Gasteiger partial charge in [0.25, 0.3) is 0 Å². The zero-order valence-corrected chi connectivity index (χ0v) is 13.1. The Labute approximate surface area is 116 Å². The first-order valence-electron chi connectivity index (χ1n) is 6.91. The lowest BCUT2D eigenvalue weighted by molar-refractivity contribution is 0.346. The van der Waals surface area contributed by atoms with E-state index in [-0.39, 0.29) is 6.04 Å². The van der Waals surface area contributed by atoms with Gasteiger partial charge in [-0.2, -0.15) is 5.10 Å². The Hall–Kier alpha value is -1.07. The van der Waals surface area contributed by atoms with Gasteiger partial charge < -0.3 is 15.0 Å². The van der Waals surface area contributed by atoms with Crippen molar-refractivity contribution in [2.24, 2.45) is 5.92 Å². The Morgan fingerprint density at radius 3 is 2.58 bits per heavy atom. The SMILES string of the molecule is CNC(CC(C)C)c1c(OC)cnn1CCN(C)C. The van der Waals surface area contributed by atoms with Gasteiger partial charge >= 0.3 is 0 Å². The predicted molar refractivity (Wildman–Crippen MR) is 78.6 cm³/mol. The van der Waals surface area contributed by atoms with Crippen molar-refractivity contribution in [1.82, 2.24) is 20.0 Å². The largest absolute Gasteiger partial charge is 0.493 e. The third-order valence-electron chi connectivity index (χ3n) is 3.21. The predicted octanol–water partition coefficient (Wildman–Crippen LogP) is 1.76. The summed E-state index contributed by atoms with van der Waals surface area (Å²) in [6, 6.07) is 0.277. The van der Waals surface area contributed by atoms with Crippen molar-refractivity contribution < 1.29 is 4.74 Å². The fourth-order valence-electron chi connectivity index (χ4n) is 2.20. The first-order chi connectivity index (χ1) is 8.99. The van der Waals surface area contributed by atoms with Crippen LogP contribution in [0.4, 0.5) is 0 Å². The van der Waals surface area contributed by atoms with Crippen molar-refractivity contribution in [3.63, 3.8) is 0 Å². The van der Waals surface area contributed by atoms with Crippen LogP contribution in [0.2, 0.25) is 0 Å². The highest BCUT2D eigenvalue weighted by atomic mass is 16.5. The molecule has 0 aromatic carbocycles. The summed E-state index contributed by atoms with van der Waals surface area (Å²) in [5, 5.41) is 7.84. The van der Waals surface area contributed by atoms with Gasteiger partial charge in [0.15, 0.2) is 5.75 Å². The molecule has 1 aromatic heterocycles. The number of rotatable bonds is 8. The molecule has 0 aliphatic heterocycles. The summed E-state index contributed by atoms with van der Waals surface area (Å²) in [6.07, 6.45) is 2.89. The van der Waals surface area contributed by atoms with Crippen molar-refractivity contribution in [1.29, 1.82) is 0 Å². The molecule has 0 bridgehead atoms. The standard InChI is InChI=1S/C14H28N4O/c1-11(2)9-12(15-3)14-13(19-6)10-16-18(14)8-7-17(4)5/h10-12,15H,7-9H2,1-6H3. The van der Waals surface area contributed by atoms with E-state index in [2.05, 4.69) is 47.9 Å². The molecule has 0 amide bonds. The van der Waals surface area contributed by atoms with Crippen LogP contribution in [0.3, 0.4) is 0 Å². The van der Waals surface area contributed by atoms with Crippen LogP contribution in [0.15, 0.2) is 6.20 Å². The maximum absolute atomic E-state index is 5.46. The van der Waals surface area contributed by atoms with Gasteiger partial charge in [-0.3, -0.25) is 4.68 Å². The molecule has 5 nitrogen and oxygen atoms in total. The lowest BCUT2D eigenvalue weighted by atomic mass is 10.0. The number of likely N-dealkylation sites (N-methyl/N-ethyl adjacent to an activating group) is 1. The second-order valence-electron chi connectivity index (χ2n) is 5.60. The highest BCUT2D eigenvalue weighted by Gasteiger charge is 2.21. The minimum atomic E-state index is 0.277. The van der Waals surface area contributed by atoms with Crippen molar-refractivity contribution in [3.05, 3.63) is 11.9 Å².